The number of ether oxygens (including phenoxy) is 1. The van der Waals surface area contributed by atoms with Crippen molar-refractivity contribution in [2.45, 2.75) is 13.8 Å². The number of hydrogen-bond acceptors (Lipinski definition) is 5. The summed E-state index contributed by atoms with van der Waals surface area (Å²) >= 11 is 3.55. The normalized spacial score (nSPS) is 12.1. The summed E-state index contributed by atoms with van der Waals surface area (Å²) in [4.78, 5) is 8.79. The molecule has 0 unspecified atom stereocenters. The second-order valence-corrected chi connectivity index (χ2v) is 7.57. The number of allylic oxidation sites excluding steroid dienone is 1. The van der Waals surface area contributed by atoms with E-state index in [1.165, 1.54) is 6.33 Å². The number of nitrogens with one attached hydrogen (secondary N) is 1. The fourth-order valence-electron chi connectivity index (χ4n) is 3.00. The lowest BCUT2D eigenvalue weighted by atomic mass is 10.2. The fourth-order valence-corrected chi connectivity index (χ4v) is 3.48. The van der Waals surface area contributed by atoms with Crippen molar-refractivity contribution in [3.63, 3.8) is 0 Å². The maximum Gasteiger partial charge on any atom is 0.159 e. The van der Waals surface area contributed by atoms with Gasteiger partial charge in [-0.15, -0.1) is 0 Å². The van der Waals surface area contributed by atoms with E-state index in [4.69, 9.17) is 4.74 Å². The third kappa shape index (κ3) is 4.13. The van der Waals surface area contributed by atoms with Crippen LogP contribution in [0.1, 0.15) is 12.5 Å². The van der Waals surface area contributed by atoms with Crippen molar-refractivity contribution in [1.82, 2.24) is 19.2 Å². The highest BCUT2D eigenvalue weighted by molar-refractivity contribution is 9.10. The second kappa shape index (κ2) is 8.54. The predicted molar refractivity (Wildman–Crippen MR) is 121 cm³/mol. The molecule has 0 spiro atoms. The van der Waals surface area contributed by atoms with Gasteiger partial charge in [-0.1, -0.05) is 6.08 Å². The summed E-state index contributed by atoms with van der Waals surface area (Å²) in [6, 6.07) is 11.7. The van der Waals surface area contributed by atoms with Crippen molar-refractivity contribution in [2.24, 2.45) is 12.0 Å². The Morgan fingerprint density at radius 3 is 2.83 bits per heavy atom. The number of anilines is 2. The van der Waals surface area contributed by atoms with Crippen LogP contribution in [0.25, 0.3) is 5.52 Å². The smallest absolute Gasteiger partial charge is 0.159 e. The Bertz CT molecular complexity index is 1300. The van der Waals surface area contributed by atoms with Crippen LogP contribution in [0.5, 0.6) is 11.5 Å². The van der Waals surface area contributed by atoms with Crippen molar-refractivity contribution >= 4 is 33.0 Å². The Hall–Kier alpha value is -3.39. The zero-order valence-electron chi connectivity index (χ0n) is 16.9. The highest BCUT2D eigenvalue weighted by Crippen LogP contribution is 2.30. The highest BCUT2D eigenvalue weighted by Gasteiger charge is 2.10. The molecule has 8 heteroatoms. The first kappa shape index (κ1) is 19.9. The lowest BCUT2D eigenvalue weighted by molar-refractivity contribution is 0.475. The van der Waals surface area contributed by atoms with Crippen LogP contribution in [0, 0.1) is 6.92 Å². The third-order valence-electron chi connectivity index (χ3n) is 4.52. The number of aromatic nitrogens is 4. The minimum Gasteiger partial charge on any atom is -0.457 e. The standard InChI is InChI=1S/C22H21BrN6O/c1-4-9-24-20-13-17(7-10-28(20)3)30-19-6-5-16(12-15(19)2)27-22-21-18(23)8-11-29(21)26-14-25-22/h4-14H,1-3H3,(H,25,26,27)/b9-4-,24-20?. The van der Waals surface area contributed by atoms with Crippen molar-refractivity contribution in [3.8, 4) is 11.5 Å². The molecule has 0 aliphatic carbocycles. The average molecular weight is 465 g/mol. The maximum atomic E-state index is 6.10. The quantitative estimate of drug-likeness (QED) is 0.445. The van der Waals surface area contributed by atoms with Crippen LogP contribution < -0.4 is 15.5 Å². The molecule has 3 aromatic heterocycles. The van der Waals surface area contributed by atoms with Crippen LogP contribution in [-0.4, -0.2) is 19.2 Å². The first-order valence-electron chi connectivity index (χ1n) is 9.40. The van der Waals surface area contributed by atoms with E-state index in [-0.39, 0.29) is 0 Å². The van der Waals surface area contributed by atoms with Crippen molar-refractivity contribution in [1.29, 1.82) is 0 Å². The van der Waals surface area contributed by atoms with E-state index < -0.39 is 0 Å². The number of rotatable bonds is 5. The molecule has 0 amide bonds. The van der Waals surface area contributed by atoms with E-state index in [0.717, 1.165) is 44.0 Å². The van der Waals surface area contributed by atoms with Gasteiger partial charge in [0.25, 0.3) is 0 Å². The summed E-state index contributed by atoms with van der Waals surface area (Å²) < 4.78 is 10.7. The molecule has 7 nitrogen and oxygen atoms in total. The molecule has 1 N–H and O–H groups in total. The molecule has 0 bridgehead atoms. The van der Waals surface area contributed by atoms with Gasteiger partial charge in [-0.05, 0) is 65.7 Å². The maximum absolute atomic E-state index is 6.10. The average Bonchev–Trinajstić information content (AvgIpc) is 3.12. The van der Waals surface area contributed by atoms with E-state index in [0.29, 0.717) is 0 Å². The highest BCUT2D eigenvalue weighted by atomic mass is 79.9. The monoisotopic (exact) mass is 464 g/mol. The number of pyridine rings is 1. The lowest BCUT2D eigenvalue weighted by Crippen LogP contribution is -2.16. The molecule has 0 aliphatic rings. The second-order valence-electron chi connectivity index (χ2n) is 6.72. The lowest BCUT2D eigenvalue weighted by Gasteiger charge is -2.12. The summed E-state index contributed by atoms with van der Waals surface area (Å²) in [7, 11) is 1.95. The van der Waals surface area contributed by atoms with Crippen molar-refractivity contribution in [3.05, 3.63) is 82.9 Å². The van der Waals surface area contributed by atoms with Gasteiger partial charge in [-0.2, -0.15) is 5.10 Å². The molecule has 1 aromatic carbocycles. The Morgan fingerprint density at radius 1 is 1.17 bits per heavy atom. The Morgan fingerprint density at radius 2 is 2.03 bits per heavy atom. The van der Waals surface area contributed by atoms with E-state index in [9.17, 15) is 0 Å². The zero-order valence-corrected chi connectivity index (χ0v) is 18.5. The Balaban J connectivity index is 1.59. The summed E-state index contributed by atoms with van der Waals surface area (Å²) in [5.41, 5.74) is 3.61. The van der Waals surface area contributed by atoms with Crippen LogP contribution >= 0.6 is 15.9 Å². The molecule has 0 aliphatic heterocycles. The van der Waals surface area contributed by atoms with Gasteiger partial charge in [-0.3, -0.25) is 0 Å². The molecular weight excluding hydrogens is 444 g/mol. The van der Waals surface area contributed by atoms with E-state index in [2.05, 4.69) is 36.3 Å². The number of hydrogen-bond donors (Lipinski definition) is 1. The molecule has 3 heterocycles. The molecule has 4 aromatic rings. The van der Waals surface area contributed by atoms with Crippen molar-refractivity contribution < 1.29 is 4.74 Å². The SMILES string of the molecule is C/C=C\N=c1cc(Oc2ccc(Nc3ncnn4ccc(Br)c34)cc2C)ccn1C. The number of aryl methyl sites for hydroxylation is 2. The molecule has 0 fully saturated rings. The molecule has 0 saturated carbocycles. The van der Waals surface area contributed by atoms with Gasteiger partial charge < -0.3 is 14.6 Å². The molecule has 152 valence electrons. The van der Waals surface area contributed by atoms with Crippen LogP contribution in [-0.2, 0) is 7.05 Å². The van der Waals surface area contributed by atoms with Crippen molar-refractivity contribution in [2.75, 3.05) is 5.32 Å². The van der Waals surface area contributed by atoms with Gasteiger partial charge in [0.05, 0.1) is 0 Å². The molecule has 0 atom stereocenters. The number of benzene rings is 1. The fraction of sp³-hybridized carbons (Fsp3) is 0.136. The molecular formula is C22H21BrN6O. The van der Waals surface area contributed by atoms with Gasteiger partial charge in [0, 0.05) is 41.9 Å². The summed E-state index contributed by atoms with van der Waals surface area (Å²) in [6.45, 7) is 3.95. The third-order valence-corrected chi connectivity index (χ3v) is 5.16. The Labute approximate surface area is 182 Å². The van der Waals surface area contributed by atoms with Crippen LogP contribution in [0.2, 0.25) is 0 Å². The zero-order chi connectivity index (χ0) is 21.1. The van der Waals surface area contributed by atoms with E-state index >= 15 is 0 Å². The number of halogens is 1. The molecule has 0 radical (unpaired) electrons. The van der Waals surface area contributed by atoms with Crippen LogP contribution in [0.4, 0.5) is 11.5 Å². The topological polar surface area (TPSA) is 68.7 Å². The number of fused-ring (bicyclic) bond motifs is 1. The summed E-state index contributed by atoms with van der Waals surface area (Å²) in [5, 5.41) is 7.58. The predicted octanol–water partition coefficient (Wildman–Crippen LogP) is 5.11. The minimum absolute atomic E-state index is 0.723. The Kier molecular flexibility index (Phi) is 5.67. The van der Waals surface area contributed by atoms with Crippen LogP contribution in [0.15, 0.2) is 76.9 Å². The largest absolute Gasteiger partial charge is 0.457 e. The molecule has 30 heavy (non-hydrogen) atoms. The minimum atomic E-state index is 0.723. The van der Waals surface area contributed by atoms with Gasteiger partial charge in [0.1, 0.15) is 28.8 Å². The first-order valence-corrected chi connectivity index (χ1v) is 10.2. The van der Waals surface area contributed by atoms with Gasteiger partial charge in [0.15, 0.2) is 5.82 Å². The van der Waals surface area contributed by atoms with E-state index in [1.54, 1.807) is 10.7 Å². The van der Waals surface area contributed by atoms with Gasteiger partial charge in [-0.25, -0.2) is 14.5 Å². The molecule has 4 rings (SSSR count). The summed E-state index contributed by atoms with van der Waals surface area (Å²) in [5.74, 6) is 2.23. The first-order chi connectivity index (χ1) is 14.5. The van der Waals surface area contributed by atoms with Gasteiger partial charge in [0.2, 0.25) is 0 Å². The number of nitrogens with zero attached hydrogens (tertiary/aromatic N) is 5. The van der Waals surface area contributed by atoms with Gasteiger partial charge >= 0.3 is 0 Å². The summed E-state index contributed by atoms with van der Waals surface area (Å²) in [6.07, 6.45) is 8.99. The van der Waals surface area contributed by atoms with Crippen LogP contribution in [0.3, 0.4) is 0 Å². The molecule has 0 saturated heterocycles. The van der Waals surface area contributed by atoms with E-state index in [1.807, 2.05) is 80.3 Å².